The molecular formula is C28H27BrCl2N4O. The molecule has 2 aromatic carbocycles. The number of halogens is 3. The molecule has 1 saturated heterocycles. The first kappa shape index (κ1) is 25.3. The second kappa shape index (κ2) is 10.9. The van der Waals surface area contributed by atoms with Crippen LogP contribution in [0.4, 0.5) is 10.5 Å². The zero-order chi connectivity index (χ0) is 25.1. The topological polar surface area (TPSA) is 48.5 Å². The maximum atomic E-state index is 13.3. The van der Waals surface area contributed by atoms with Gasteiger partial charge in [-0.1, -0.05) is 69.5 Å². The lowest BCUT2D eigenvalue weighted by Crippen LogP contribution is -2.47. The quantitative estimate of drug-likeness (QED) is 0.330. The Morgan fingerprint density at radius 1 is 1.11 bits per heavy atom. The second-order valence-electron chi connectivity index (χ2n) is 9.40. The highest BCUT2D eigenvalue weighted by molar-refractivity contribution is 9.10. The monoisotopic (exact) mass is 584 g/mol. The fourth-order valence-electron chi connectivity index (χ4n) is 5.22. The molecule has 5 rings (SSSR count). The molecule has 2 aliphatic rings. The van der Waals surface area contributed by atoms with Crippen molar-refractivity contribution in [3.05, 3.63) is 98.2 Å². The second-order valence-corrected chi connectivity index (χ2v) is 11.1. The van der Waals surface area contributed by atoms with Crippen molar-refractivity contribution in [3.8, 4) is 0 Å². The van der Waals surface area contributed by atoms with Gasteiger partial charge in [0.15, 0.2) is 0 Å². The number of aromatic nitrogens is 1. The number of hydrogen-bond acceptors (Lipinski definition) is 3. The Morgan fingerprint density at radius 3 is 2.64 bits per heavy atom. The van der Waals surface area contributed by atoms with E-state index in [-0.39, 0.29) is 11.4 Å². The average Bonchev–Trinajstić information content (AvgIpc) is 3.20. The van der Waals surface area contributed by atoms with Gasteiger partial charge in [0.25, 0.3) is 0 Å². The molecule has 2 aliphatic heterocycles. The van der Waals surface area contributed by atoms with E-state index in [0.717, 1.165) is 58.8 Å². The highest BCUT2D eigenvalue weighted by Gasteiger charge is 2.47. The zero-order valence-corrected chi connectivity index (χ0v) is 22.9. The van der Waals surface area contributed by atoms with E-state index in [1.54, 1.807) is 12.3 Å². The number of benzene rings is 2. The normalized spacial score (nSPS) is 17.0. The van der Waals surface area contributed by atoms with E-state index in [1.165, 1.54) is 5.56 Å². The van der Waals surface area contributed by atoms with Crippen LogP contribution in [-0.2, 0) is 12.0 Å². The van der Waals surface area contributed by atoms with Crippen molar-refractivity contribution >= 4 is 56.9 Å². The van der Waals surface area contributed by atoms with Crippen LogP contribution < -0.4 is 10.2 Å². The molecule has 0 bridgehead atoms. The Hall–Kier alpha value is -2.38. The summed E-state index contributed by atoms with van der Waals surface area (Å²) in [6.45, 7) is 3.96. The molecule has 0 saturated carbocycles. The van der Waals surface area contributed by atoms with Crippen LogP contribution in [0.15, 0.2) is 71.3 Å². The van der Waals surface area contributed by atoms with Crippen LogP contribution in [0.3, 0.4) is 0 Å². The maximum Gasteiger partial charge on any atom is 0.322 e. The molecule has 8 heteroatoms. The highest BCUT2D eigenvalue weighted by Crippen LogP contribution is 2.50. The molecule has 186 valence electrons. The Balaban J connectivity index is 1.25. The molecule has 0 unspecified atom stereocenters. The predicted molar refractivity (Wildman–Crippen MR) is 151 cm³/mol. The van der Waals surface area contributed by atoms with E-state index in [9.17, 15) is 4.79 Å². The molecule has 0 atom stereocenters. The van der Waals surface area contributed by atoms with Crippen molar-refractivity contribution in [2.24, 2.45) is 0 Å². The van der Waals surface area contributed by atoms with Crippen molar-refractivity contribution in [2.75, 3.05) is 31.1 Å². The van der Waals surface area contributed by atoms with Gasteiger partial charge in [-0.2, -0.15) is 0 Å². The minimum absolute atomic E-state index is 0.0524. The van der Waals surface area contributed by atoms with Crippen molar-refractivity contribution < 1.29 is 4.79 Å². The molecule has 1 spiro atoms. The fraction of sp³-hybridized carbons (Fsp3) is 0.286. The maximum absolute atomic E-state index is 13.3. The number of nitrogens with one attached hydrogen (secondary N) is 1. The molecule has 1 fully saturated rings. The van der Waals surface area contributed by atoms with Crippen LogP contribution in [0, 0.1) is 0 Å². The van der Waals surface area contributed by atoms with Gasteiger partial charge >= 0.3 is 6.03 Å². The number of nitrogens with zero attached hydrogens (tertiary/aromatic N) is 3. The molecular weight excluding hydrogens is 559 g/mol. The van der Waals surface area contributed by atoms with Crippen molar-refractivity contribution in [1.29, 1.82) is 0 Å². The number of hydrogen-bond donors (Lipinski definition) is 1. The third-order valence-electron chi connectivity index (χ3n) is 7.11. The molecule has 2 amide bonds. The molecule has 5 nitrogen and oxygen atoms in total. The van der Waals surface area contributed by atoms with Crippen LogP contribution in [0.5, 0.6) is 0 Å². The summed E-state index contributed by atoms with van der Waals surface area (Å²) in [5, 5.41) is 4.24. The fourth-order valence-corrected chi connectivity index (χ4v) is 6.32. The number of likely N-dealkylation sites (tertiary alicyclic amines) is 1. The number of carbonyl (C=O) groups excluding carboxylic acids is 1. The van der Waals surface area contributed by atoms with Gasteiger partial charge in [0, 0.05) is 40.7 Å². The van der Waals surface area contributed by atoms with E-state index in [4.69, 9.17) is 23.2 Å². The zero-order valence-electron chi connectivity index (χ0n) is 19.8. The van der Waals surface area contributed by atoms with Crippen LogP contribution >= 0.6 is 39.1 Å². The third-order valence-corrected chi connectivity index (χ3v) is 8.23. The summed E-state index contributed by atoms with van der Waals surface area (Å²) in [5.41, 5.74) is 4.27. The van der Waals surface area contributed by atoms with Crippen LogP contribution in [0.25, 0.3) is 6.08 Å². The molecule has 1 aromatic heterocycles. The largest absolute Gasteiger partial charge is 0.334 e. The van der Waals surface area contributed by atoms with E-state index < -0.39 is 0 Å². The number of amides is 2. The van der Waals surface area contributed by atoms with Crippen LogP contribution in [0.2, 0.25) is 10.2 Å². The van der Waals surface area contributed by atoms with Gasteiger partial charge in [-0.15, -0.1) is 0 Å². The van der Waals surface area contributed by atoms with Crippen molar-refractivity contribution in [1.82, 2.24) is 15.2 Å². The first-order valence-corrected chi connectivity index (χ1v) is 13.6. The van der Waals surface area contributed by atoms with Gasteiger partial charge in [0.05, 0.1) is 5.69 Å². The number of rotatable bonds is 5. The molecule has 3 heterocycles. The standard InChI is InChI=1S/C28H27BrCl2N4O/c29-23-4-1-5-24-26(23)28(19-35(24)27(36)33-18-21-10-13-32-25(31)17-21)11-15-34(16-12-28)14-2-3-20-6-8-22(30)9-7-20/h1-10,13,17H,11-12,14-16,18-19H2,(H,33,36). The van der Waals surface area contributed by atoms with Crippen LogP contribution in [-0.4, -0.2) is 42.1 Å². The lowest BCUT2D eigenvalue weighted by molar-refractivity contribution is 0.179. The first-order chi connectivity index (χ1) is 17.4. The van der Waals surface area contributed by atoms with Crippen LogP contribution in [0.1, 0.15) is 29.5 Å². The Labute approximate surface area is 230 Å². The van der Waals surface area contributed by atoms with Gasteiger partial charge in [-0.3, -0.25) is 9.80 Å². The minimum atomic E-state index is -0.0903. The summed E-state index contributed by atoms with van der Waals surface area (Å²) in [7, 11) is 0. The predicted octanol–water partition coefficient (Wildman–Crippen LogP) is 6.93. The summed E-state index contributed by atoms with van der Waals surface area (Å²) >= 11 is 15.8. The lowest BCUT2D eigenvalue weighted by Gasteiger charge is -2.39. The number of anilines is 1. The summed E-state index contributed by atoms with van der Waals surface area (Å²) in [4.78, 5) is 21.7. The smallest absolute Gasteiger partial charge is 0.322 e. The lowest BCUT2D eigenvalue weighted by atomic mass is 9.74. The average molecular weight is 586 g/mol. The summed E-state index contributed by atoms with van der Waals surface area (Å²) in [6, 6.07) is 17.6. The third kappa shape index (κ3) is 5.47. The van der Waals surface area contributed by atoms with Gasteiger partial charge in [0.1, 0.15) is 5.15 Å². The summed E-state index contributed by atoms with van der Waals surface area (Å²) in [5.74, 6) is 0. The van der Waals surface area contributed by atoms with E-state index in [2.05, 4.69) is 55.4 Å². The van der Waals surface area contributed by atoms with Crippen molar-refractivity contribution in [3.63, 3.8) is 0 Å². The van der Waals surface area contributed by atoms with Gasteiger partial charge in [0.2, 0.25) is 0 Å². The Kier molecular flexibility index (Phi) is 7.68. The van der Waals surface area contributed by atoms with E-state index >= 15 is 0 Å². The molecule has 0 radical (unpaired) electrons. The number of piperidine rings is 1. The number of carbonyl (C=O) groups is 1. The van der Waals surface area contributed by atoms with Gasteiger partial charge in [-0.05, 0) is 79.0 Å². The highest BCUT2D eigenvalue weighted by atomic mass is 79.9. The first-order valence-electron chi connectivity index (χ1n) is 12.0. The number of urea groups is 1. The number of pyridine rings is 1. The molecule has 0 aliphatic carbocycles. The molecule has 1 N–H and O–H groups in total. The molecule has 3 aromatic rings. The summed E-state index contributed by atoms with van der Waals surface area (Å²) < 4.78 is 1.08. The number of fused-ring (bicyclic) bond motifs is 2. The minimum Gasteiger partial charge on any atom is -0.334 e. The van der Waals surface area contributed by atoms with Gasteiger partial charge in [-0.25, -0.2) is 9.78 Å². The molecule has 36 heavy (non-hydrogen) atoms. The van der Waals surface area contributed by atoms with E-state index in [1.807, 2.05) is 41.3 Å². The van der Waals surface area contributed by atoms with Gasteiger partial charge < -0.3 is 5.32 Å². The SMILES string of the molecule is O=C(NCc1ccnc(Cl)c1)N1CC2(CCN(CC=Cc3ccc(Cl)cc3)CC2)c2c(Br)cccc21. The van der Waals surface area contributed by atoms with E-state index in [0.29, 0.717) is 18.2 Å². The van der Waals surface area contributed by atoms with Crippen molar-refractivity contribution in [2.45, 2.75) is 24.8 Å². The summed E-state index contributed by atoms with van der Waals surface area (Å²) in [6.07, 6.45) is 8.01. The Bertz CT molecular complexity index is 1270. The Morgan fingerprint density at radius 2 is 1.89 bits per heavy atom.